The first-order chi connectivity index (χ1) is 11.8. The van der Waals surface area contributed by atoms with Gasteiger partial charge in [-0.2, -0.15) is 0 Å². The third-order valence-corrected chi connectivity index (χ3v) is 4.24. The largest absolute Gasteiger partial charge is 0.376 e. The summed E-state index contributed by atoms with van der Waals surface area (Å²) in [5.74, 6) is 0.786. The molecule has 0 saturated carbocycles. The SMILES string of the molecule is Fc1ccccc1-c1nc(NC[C@@H]2CCCO2)c2ccccc2n1. The molecule has 1 atom stereocenters. The van der Waals surface area contributed by atoms with Gasteiger partial charge in [0.15, 0.2) is 5.82 Å². The second-order valence-electron chi connectivity index (χ2n) is 5.91. The number of para-hydroxylation sites is 1. The minimum atomic E-state index is -0.321. The van der Waals surface area contributed by atoms with Gasteiger partial charge in [0.2, 0.25) is 0 Å². The van der Waals surface area contributed by atoms with Crippen LogP contribution in [0.2, 0.25) is 0 Å². The zero-order chi connectivity index (χ0) is 16.4. The van der Waals surface area contributed by atoms with Crippen molar-refractivity contribution in [1.29, 1.82) is 0 Å². The number of fused-ring (bicyclic) bond motifs is 1. The van der Waals surface area contributed by atoms with Crippen molar-refractivity contribution in [2.75, 3.05) is 18.5 Å². The van der Waals surface area contributed by atoms with Gasteiger partial charge in [-0.15, -0.1) is 0 Å². The summed E-state index contributed by atoms with van der Waals surface area (Å²) in [4.78, 5) is 9.10. The first-order valence-electron chi connectivity index (χ1n) is 8.18. The predicted octanol–water partition coefficient (Wildman–Crippen LogP) is 4.03. The summed E-state index contributed by atoms with van der Waals surface area (Å²) in [6, 6.07) is 14.3. The van der Waals surface area contributed by atoms with Crippen LogP contribution in [0.5, 0.6) is 0 Å². The van der Waals surface area contributed by atoms with E-state index in [9.17, 15) is 4.39 Å². The van der Waals surface area contributed by atoms with E-state index in [1.165, 1.54) is 6.07 Å². The monoisotopic (exact) mass is 323 g/mol. The van der Waals surface area contributed by atoms with Crippen LogP contribution in [0, 0.1) is 5.82 Å². The molecule has 2 heterocycles. The van der Waals surface area contributed by atoms with Crippen LogP contribution < -0.4 is 5.32 Å². The lowest BCUT2D eigenvalue weighted by Gasteiger charge is -2.14. The molecule has 0 spiro atoms. The van der Waals surface area contributed by atoms with E-state index in [4.69, 9.17) is 4.74 Å². The van der Waals surface area contributed by atoms with Gasteiger partial charge in [-0.05, 0) is 37.1 Å². The van der Waals surface area contributed by atoms with E-state index < -0.39 is 0 Å². The molecule has 1 aliphatic heterocycles. The van der Waals surface area contributed by atoms with Crippen LogP contribution in [0.3, 0.4) is 0 Å². The maximum absolute atomic E-state index is 14.1. The Morgan fingerprint density at radius 3 is 2.75 bits per heavy atom. The van der Waals surface area contributed by atoms with Crippen LogP contribution in [-0.2, 0) is 4.74 Å². The molecule has 1 aliphatic rings. The molecule has 24 heavy (non-hydrogen) atoms. The van der Waals surface area contributed by atoms with Gasteiger partial charge in [0.25, 0.3) is 0 Å². The fourth-order valence-electron chi connectivity index (χ4n) is 2.99. The van der Waals surface area contributed by atoms with Gasteiger partial charge in [0.05, 0.1) is 17.2 Å². The standard InChI is InChI=1S/C19H18FN3O/c20-16-9-3-1-7-14(16)19-22-17-10-4-2-8-15(17)18(23-19)21-12-13-6-5-11-24-13/h1-4,7-10,13H,5-6,11-12H2,(H,21,22,23)/t13-/m0/s1. The average Bonchev–Trinajstić information content (AvgIpc) is 3.13. The van der Waals surface area contributed by atoms with E-state index in [2.05, 4.69) is 15.3 Å². The molecule has 122 valence electrons. The highest BCUT2D eigenvalue weighted by Gasteiger charge is 2.17. The van der Waals surface area contributed by atoms with Crippen molar-refractivity contribution in [1.82, 2.24) is 9.97 Å². The van der Waals surface area contributed by atoms with Crippen LogP contribution in [0.25, 0.3) is 22.3 Å². The van der Waals surface area contributed by atoms with E-state index >= 15 is 0 Å². The molecule has 5 heteroatoms. The lowest BCUT2D eigenvalue weighted by Crippen LogP contribution is -2.19. The Hall–Kier alpha value is -2.53. The molecule has 1 fully saturated rings. The normalized spacial score (nSPS) is 17.3. The van der Waals surface area contributed by atoms with E-state index in [0.717, 1.165) is 30.4 Å². The van der Waals surface area contributed by atoms with Gasteiger partial charge in [0.1, 0.15) is 11.6 Å². The lowest BCUT2D eigenvalue weighted by atomic mass is 10.1. The molecule has 1 N–H and O–H groups in total. The van der Waals surface area contributed by atoms with Gasteiger partial charge in [-0.3, -0.25) is 0 Å². The molecule has 1 saturated heterocycles. The average molecular weight is 323 g/mol. The molecule has 1 aromatic heterocycles. The van der Waals surface area contributed by atoms with E-state index in [1.54, 1.807) is 18.2 Å². The fraction of sp³-hybridized carbons (Fsp3) is 0.263. The van der Waals surface area contributed by atoms with Crippen molar-refractivity contribution in [3.8, 4) is 11.4 Å². The van der Waals surface area contributed by atoms with Crippen molar-refractivity contribution in [3.63, 3.8) is 0 Å². The first-order valence-corrected chi connectivity index (χ1v) is 8.18. The molecule has 4 rings (SSSR count). The Bertz CT molecular complexity index is 862. The molecule has 0 aliphatic carbocycles. The first kappa shape index (κ1) is 15.0. The van der Waals surface area contributed by atoms with Crippen molar-refractivity contribution in [3.05, 3.63) is 54.3 Å². The van der Waals surface area contributed by atoms with Gasteiger partial charge in [-0.1, -0.05) is 24.3 Å². The Labute approximate surface area is 139 Å². The van der Waals surface area contributed by atoms with Gasteiger partial charge >= 0.3 is 0 Å². The number of aromatic nitrogens is 2. The quantitative estimate of drug-likeness (QED) is 0.787. The number of hydrogen-bond acceptors (Lipinski definition) is 4. The number of halogens is 1. The number of nitrogens with one attached hydrogen (secondary N) is 1. The highest BCUT2D eigenvalue weighted by molar-refractivity contribution is 5.90. The second kappa shape index (κ2) is 6.53. The smallest absolute Gasteiger partial charge is 0.165 e. The van der Waals surface area contributed by atoms with Crippen molar-refractivity contribution >= 4 is 16.7 Å². The molecule has 3 aromatic rings. The topological polar surface area (TPSA) is 47.0 Å². The van der Waals surface area contributed by atoms with Crippen molar-refractivity contribution in [2.24, 2.45) is 0 Å². The molecule has 2 aromatic carbocycles. The molecular weight excluding hydrogens is 305 g/mol. The van der Waals surface area contributed by atoms with Crippen LogP contribution in [0.1, 0.15) is 12.8 Å². The van der Waals surface area contributed by atoms with Crippen LogP contribution >= 0.6 is 0 Å². The molecular formula is C19H18FN3O. The molecule has 0 unspecified atom stereocenters. The Morgan fingerprint density at radius 1 is 1.08 bits per heavy atom. The molecule has 4 nitrogen and oxygen atoms in total. The number of nitrogens with zero attached hydrogens (tertiary/aromatic N) is 2. The summed E-state index contributed by atoms with van der Waals surface area (Å²) >= 11 is 0. The predicted molar refractivity (Wildman–Crippen MR) is 92.4 cm³/mol. The minimum Gasteiger partial charge on any atom is -0.376 e. The zero-order valence-electron chi connectivity index (χ0n) is 13.2. The third kappa shape index (κ3) is 2.95. The van der Waals surface area contributed by atoms with Crippen molar-refractivity contribution < 1.29 is 9.13 Å². The summed E-state index contributed by atoms with van der Waals surface area (Å²) in [5, 5.41) is 4.29. The number of rotatable bonds is 4. The zero-order valence-corrected chi connectivity index (χ0v) is 13.2. The van der Waals surface area contributed by atoms with Gasteiger partial charge < -0.3 is 10.1 Å². The van der Waals surface area contributed by atoms with Crippen LogP contribution in [0.15, 0.2) is 48.5 Å². The summed E-state index contributed by atoms with van der Waals surface area (Å²) < 4.78 is 19.8. The van der Waals surface area contributed by atoms with E-state index in [1.807, 2.05) is 24.3 Å². The number of anilines is 1. The highest BCUT2D eigenvalue weighted by Crippen LogP contribution is 2.26. The maximum atomic E-state index is 14.1. The summed E-state index contributed by atoms with van der Waals surface area (Å²) in [6.45, 7) is 1.51. The number of benzene rings is 2. The third-order valence-electron chi connectivity index (χ3n) is 4.24. The summed E-state index contributed by atoms with van der Waals surface area (Å²) in [7, 11) is 0. The fourth-order valence-corrected chi connectivity index (χ4v) is 2.99. The number of ether oxygens (including phenoxy) is 1. The molecule has 0 bridgehead atoms. The molecule has 0 radical (unpaired) electrons. The Kier molecular flexibility index (Phi) is 4.09. The highest BCUT2D eigenvalue weighted by atomic mass is 19.1. The Balaban J connectivity index is 1.74. The van der Waals surface area contributed by atoms with Crippen LogP contribution in [0.4, 0.5) is 10.2 Å². The molecule has 0 amide bonds. The Morgan fingerprint density at radius 2 is 1.92 bits per heavy atom. The van der Waals surface area contributed by atoms with E-state index in [0.29, 0.717) is 23.8 Å². The van der Waals surface area contributed by atoms with Gasteiger partial charge in [-0.25, -0.2) is 14.4 Å². The maximum Gasteiger partial charge on any atom is 0.165 e. The van der Waals surface area contributed by atoms with Gasteiger partial charge in [0, 0.05) is 18.5 Å². The van der Waals surface area contributed by atoms with Crippen LogP contribution in [-0.4, -0.2) is 29.2 Å². The number of hydrogen-bond donors (Lipinski definition) is 1. The lowest BCUT2D eigenvalue weighted by molar-refractivity contribution is 0.120. The summed E-state index contributed by atoms with van der Waals surface area (Å²) in [5.41, 5.74) is 1.20. The minimum absolute atomic E-state index is 0.204. The summed E-state index contributed by atoms with van der Waals surface area (Å²) in [6.07, 6.45) is 2.35. The van der Waals surface area contributed by atoms with E-state index in [-0.39, 0.29) is 11.9 Å². The second-order valence-corrected chi connectivity index (χ2v) is 5.91. The van der Waals surface area contributed by atoms with Crippen molar-refractivity contribution in [2.45, 2.75) is 18.9 Å².